The van der Waals surface area contributed by atoms with Crippen LogP contribution in [0.4, 0.5) is 0 Å². The Hall–Kier alpha value is -2.56. The van der Waals surface area contributed by atoms with Crippen molar-refractivity contribution < 1.29 is 14.3 Å². The minimum Gasteiger partial charge on any atom is -0.493 e. The molecule has 0 unspecified atom stereocenters. The summed E-state index contributed by atoms with van der Waals surface area (Å²) >= 11 is 0. The van der Waals surface area contributed by atoms with E-state index in [9.17, 15) is 4.79 Å². The van der Waals surface area contributed by atoms with Crippen LogP contribution >= 0.6 is 0 Å². The molecule has 0 atom stereocenters. The van der Waals surface area contributed by atoms with Crippen molar-refractivity contribution in [3.8, 4) is 11.5 Å². The molecule has 2 aromatic rings. The summed E-state index contributed by atoms with van der Waals surface area (Å²) in [5.41, 5.74) is 1.44. The zero-order valence-electron chi connectivity index (χ0n) is 14.7. The van der Waals surface area contributed by atoms with Crippen LogP contribution in [0.25, 0.3) is 6.08 Å². The lowest BCUT2D eigenvalue weighted by atomic mass is 10.1. The van der Waals surface area contributed by atoms with Crippen LogP contribution in [0.15, 0.2) is 36.7 Å². The third-order valence-electron chi connectivity index (χ3n) is 3.56. The zero-order chi connectivity index (χ0) is 17.5. The zero-order valence-corrected chi connectivity index (χ0v) is 14.7. The molecule has 0 aliphatic rings. The predicted octanol–water partition coefficient (Wildman–Crippen LogP) is 3.75. The number of nitrogens with zero attached hydrogens (tertiary/aromatic N) is 2. The first kappa shape index (κ1) is 17.8. The molecule has 0 bridgehead atoms. The number of ketones is 1. The summed E-state index contributed by atoms with van der Waals surface area (Å²) in [4.78, 5) is 12.1. The quantitative estimate of drug-likeness (QED) is 0.547. The number of allylic oxidation sites excluding steroid dienone is 1. The maximum Gasteiger partial charge on any atom is 0.189 e. The Kier molecular flexibility index (Phi) is 6.18. The lowest BCUT2D eigenvalue weighted by Gasteiger charge is -2.12. The maximum absolute atomic E-state index is 12.1. The number of ether oxygens (including phenoxy) is 2. The second-order valence-electron chi connectivity index (χ2n) is 6.04. The molecule has 0 saturated heterocycles. The van der Waals surface area contributed by atoms with Gasteiger partial charge in [-0.2, -0.15) is 5.10 Å². The normalized spacial score (nSPS) is 11.2. The third kappa shape index (κ3) is 4.98. The van der Waals surface area contributed by atoms with E-state index in [2.05, 4.69) is 18.9 Å². The first-order valence-electron chi connectivity index (χ1n) is 8.01. The van der Waals surface area contributed by atoms with Crippen LogP contribution in [-0.4, -0.2) is 29.3 Å². The molecule has 0 spiro atoms. The minimum absolute atomic E-state index is 0.0840. The summed E-state index contributed by atoms with van der Waals surface area (Å²) < 4.78 is 12.8. The van der Waals surface area contributed by atoms with E-state index in [1.807, 2.05) is 18.2 Å². The lowest BCUT2D eigenvalue weighted by molar-refractivity contribution is 0.104. The van der Waals surface area contributed by atoms with Crippen LogP contribution in [-0.2, 0) is 7.05 Å². The molecule has 0 fully saturated rings. The van der Waals surface area contributed by atoms with E-state index in [0.717, 1.165) is 12.0 Å². The molecule has 0 aliphatic carbocycles. The van der Waals surface area contributed by atoms with E-state index in [-0.39, 0.29) is 5.78 Å². The number of carbonyl (C=O) groups is 1. The minimum atomic E-state index is -0.0840. The maximum atomic E-state index is 12.1. The number of rotatable bonds is 8. The Morgan fingerprint density at radius 1 is 1.33 bits per heavy atom. The van der Waals surface area contributed by atoms with E-state index in [0.29, 0.717) is 29.6 Å². The smallest absolute Gasteiger partial charge is 0.189 e. The molecule has 0 aliphatic heterocycles. The number of aryl methyl sites for hydroxylation is 1. The Bertz CT molecular complexity index is 717. The summed E-state index contributed by atoms with van der Waals surface area (Å²) in [6.07, 6.45) is 7.53. The summed E-state index contributed by atoms with van der Waals surface area (Å²) in [5.74, 6) is 1.89. The van der Waals surface area contributed by atoms with Crippen LogP contribution < -0.4 is 9.47 Å². The van der Waals surface area contributed by atoms with E-state index < -0.39 is 0 Å². The van der Waals surface area contributed by atoms with Crippen molar-refractivity contribution in [3.63, 3.8) is 0 Å². The van der Waals surface area contributed by atoms with Crippen LogP contribution in [0.2, 0.25) is 0 Å². The standard InChI is InChI=1S/C19H24N2O3/c1-14(2)9-10-24-18-8-6-15(11-19(18)23-4)5-7-17(22)16-12-20-21(3)13-16/h5-8,11-14H,9-10H2,1-4H3/b7-5+. The summed E-state index contributed by atoms with van der Waals surface area (Å²) in [6, 6.07) is 5.63. The van der Waals surface area contributed by atoms with E-state index in [4.69, 9.17) is 9.47 Å². The molecule has 0 radical (unpaired) electrons. The van der Waals surface area contributed by atoms with Gasteiger partial charge in [-0.1, -0.05) is 26.0 Å². The fourth-order valence-corrected chi connectivity index (χ4v) is 2.13. The fraction of sp³-hybridized carbons (Fsp3) is 0.368. The van der Waals surface area contributed by atoms with Crippen LogP contribution in [0, 0.1) is 5.92 Å². The summed E-state index contributed by atoms with van der Waals surface area (Å²) in [7, 11) is 3.39. The third-order valence-corrected chi connectivity index (χ3v) is 3.56. The Morgan fingerprint density at radius 3 is 2.75 bits per heavy atom. The lowest BCUT2D eigenvalue weighted by Crippen LogP contribution is -2.02. The highest BCUT2D eigenvalue weighted by Crippen LogP contribution is 2.29. The highest BCUT2D eigenvalue weighted by molar-refractivity contribution is 6.06. The Morgan fingerprint density at radius 2 is 2.12 bits per heavy atom. The second-order valence-corrected chi connectivity index (χ2v) is 6.04. The Balaban J connectivity index is 2.05. The monoisotopic (exact) mass is 328 g/mol. The Labute approximate surface area is 142 Å². The summed E-state index contributed by atoms with van der Waals surface area (Å²) in [5, 5.41) is 4.00. The average molecular weight is 328 g/mol. The van der Waals surface area contributed by atoms with Gasteiger partial charge in [-0.05, 0) is 36.1 Å². The molecule has 2 rings (SSSR count). The molecule has 0 N–H and O–H groups in total. The average Bonchev–Trinajstić information content (AvgIpc) is 2.99. The van der Waals surface area contributed by atoms with Crippen LogP contribution in [0.3, 0.4) is 0 Å². The van der Waals surface area contributed by atoms with Gasteiger partial charge in [-0.25, -0.2) is 0 Å². The topological polar surface area (TPSA) is 53.3 Å². The van der Waals surface area contributed by atoms with Crippen molar-refractivity contribution >= 4 is 11.9 Å². The molecule has 0 saturated carbocycles. The SMILES string of the molecule is COc1cc(/C=C/C(=O)c2cnn(C)c2)ccc1OCCC(C)C. The van der Waals surface area contributed by atoms with Gasteiger partial charge in [0.15, 0.2) is 17.3 Å². The highest BCUT2D eigenvalue weighted by Gasteiger charge is 2.07. The molecule has 0 amide bonds. The molecule has 1 aromatic heterocycles. The molecule has 5 heteroatoms. The van der Waals surface area contributed by atoms with Crippen molar-refractivity contribution in [2.45, 2.75) is 20.3 Å². The van der Waals surface area contributed by atoms with Gasteiger partial charge in [-0.3, -0.25) is 9.48 Å². The largest absolute Gasteiger partial charge is 0.493 e. The van der Waals surface area contributed by atoms with Crippen molar-refractivity contribution in [1.82, 2.24) is 9.78 Å². The number of carbonyl (C=O) groups excluding carboxylic acids is 1. The second kappa shape index (κ2) is 8.34. The van der Waals surface area contributed by atoms with E-state index in [1.54, 1.807) is 37.3 Å². The highest BCUT2D eigenvalue weighted by atomic mass is 16.5. The van der Waals surface area contributed by atoms with Crippen molar-refractivity contribution in [2.24, 2.45) is 13.0 Å². The fourth-order valence-electron chi connectivity index (χ4n) is 2.13. The van der Waals surface area contributed by atoms with E-state index >= 15 is 0 Å². The first-order valence-corrected chi connectivity index (χ1v) is 8.01. The van der Waals surface area contributed by atoms with E-state index in [1.165, 1.54) is 6.08 Å². The van der Waals surface area contributed by atoms with Gasteiger partial charge >= 0.3 is 0 Å². The van der Waals surface area contributed by atoms with Gasteiger partial charge in [0.25, 0.3) is 0 Å². The number of benzene rings is 1. The van der Waals surface area contributed by atoms with Crippen LogP contribution in [0.5, 0.6) is 11.5 Å². The molecular formula is C19H24N2O3. The van der Waals surface area contributed by atoms with Crippen molar-refractivity contribution in [2.75, 3.05) is 13.7 Å². The first-order chi connectivity index (χ1) is 11.5. The molecule has 24 heavy (non-hydrogen) atoms. The van der Waals surface area contributed by atoms with Gasteiger partial charge in [0.2, 0.25) is 0 Å². The molecule has 5 nitrogen and oxygen atoms in total. The molecule has 1 aromatic carbocycles. The van der Waals surface area contributed by atoms with Gasteiger partial charge in [0, 0.05) is 13.2 Å². The van der Waals surface area contributed by atoms with Gasteiger partial charge in [0.1, 0.15) is 0 Å². The molecule has 1 heterocycles. The number of hydrogen-bond donors (Lipinski definition) is 0. The molecular weight excluding hydrogens is 304 g/mol. The van der Waals surface area contributed by atoms with Crippen molar-refractivity contribution in [1.29, 1.82) is 0 Å². The predicted molar refractivity (Wildman–Crippen MR) is 94.5 cm³/mol. The number of aromatic nitrogens is 2. The van der Waals surface area contributed by atoms with Gasteiger partial charge in [-0.15, -0.1) is 0 Å². The van der Waals surface area contributed by atoms with Gasteiger partial charge in [0.05, 0.1) is 25.5 Å². The van der Waals surface area contributed by atoms with Crippen LogP contribution in [0.1, 0.15) is 36.2 Å². The van der Waals surface area contributed by atoms with Crippen molar-refractivity contribution in [3.05, 3.63) is 47.8 Å². The number of methoxy groups -OCH3 is 1. The molecule has 128 valence electrons. The number of hydrogen-bond acceptors (Lipinski definition) is 4. The summed E-state index contributed by atoms with van der Waals surface area (Å²) in [6.45, 7) is 4.98. The van der Waals surface area contributed by atoms with Gasteiger partial charge < -0.3 is 9.47 Å².